The third-order valence-electron chi connectivity index (χ3n) is 3.75. The van der Waals surface area contributed by atoms with Crippen LogP contribution in [0.5, 0.6) is 5.75 Å². The summed E-state index contributed by atoms with van der Waals surface area (Å²) in [7, 11) is 1.46. The number of aliphatic hydroxyl groups is 1. The van der Waals surface area contributed by atoms with E-state index in [9.17, 15) is 15.2 Å². The first-order valence-electron chi connectivity index (χ1n) is 7.72. The first-order chi connectivity index (χ1) is 11.4. The van der Waals surface area contributed by atoms with Crippen LogP contribution in [0.2, 0.25) is 0 Å². The lowest BCUT2D eigenvalue weighted by Crippen LogP contribution is -2.30. The van der Waals surface area contributed by atoms with Gasteiger partial charge in [-0.1, -0.05) is 13.8 Å². The lowest BCUT2D eigenvalue weighted by Gasteiger charge is -2.14. The van der Waals surface area contributed by atoms with Crippen LogP contribution in [-0.4, -0.2) is 29.8 Å². The summed E-state index contributed by atoms with van der Waals surface area (Å²) >= 11 is 0. The monoisotopic (exact) mass is 334 g/mol. The van der Waals surface area contributed by atoms with Gasteiger partial charge in [0.1, 0.15) is 17.3 Å². The van der Waals surface area contributed by atoms with Gasteiger partial charge < -0.3 is 19.6 Å². The Morgan fingerprint density at radius 1 is 1.33 bits per heavy atom. The Labute approximate surface area is 140 Å². The summed E-state index contributed by atoms with van der Waals surface area (Å²) in [6.07, 6.45) is -0.429. The Balaban J connectivity index is 2.12. The highest BCUT2D eigenvalue weighted by Crippen LogP contribution is 2.34. The number of furan rings is 1. The molecule has 0 aliphatic carbocycles. The Morgan fingerprint density at radius 3 is 2.71 bits per heavy atom. The second kappa shape index (κ2) is 7.94. The SMILES string of the molecule is COc1ccc(-c2ccc(CNCC(O)C(C)C)o2)c([N+](=O)[O-])c1. The highest BCUT2D eigenvalue weighted by molar-refractivity contribution is 5.71. The van der Waals surface area contributed by atoms with Gasteiger partial charge in [0, 0.05) is 6.54 Å². The maximum atomic E-state index is 11.2. The molecule has 130 valence electrons. The van der Waals surface area contributed by atoms with E-state index in [2.05, 4.69) is 5.32 Å². The Kier molecular flexibility index (Phi) is 5.94. The molecule has 1 aromatic carbocycles. The Bertz CT molecular complexity index is 696. The third kappa shape index (κ3) is 4.33. The summed E-state index contributed by atoms with van der Waals surface area (Å²) in [6, 6.07) is 8.09. The van der Waals surface area contributed by atoms with E-state index < -0.39 is 11.0 Å². The highest BCUT2D eigenvalue weighted by Gasteiger charge is 2.19. The zero-order chi connectivity index (χ0) is 17.7. The lowest BCUT2D eigenvalue weighted by molar-refractivity contribution is -0.384. The van der Waals surface area contributed by atoms with E-state index in [1.807, 2.05) is 13.8 Å². The number of aliphatic hydroxyl groups excluding tert-OH is 1. The van der Waals surface area contributed by atoms with Crippen LogP contribution in [0.1, 0.15) is 19.6 Å². The van der Waals surface area contributed by atoms with Gasteiger partial charge in [0.15, 0.2) is 0 Å². The molecule has 0 amide bonds. The number of nitrogens with zero attached hydrogens (tertiary/aromatic N) is 1. The van der Waals surface area contributed by atoms with Crippen molar-refractivity contribution in [3.63, 3.8) is 0 Å². The quantitative estimate of drug-likeness (QED) is 0.569. The molecule has 0 saturated carbocycles. The molecule has 0 spiro atoms. The summed E-state index contributed by atoms with van der Waals surface area (Å²) in [5.41, 5.74) is 0.327. The fraction of sp³-hybridized carbons (Fsp3) is 0.412. The molecular weight excluding hydrogens is 312 g/mol. The van der Waals surface area contributed by atoms with Crippen molar-refractivity contribution in [3.05, 3.63) is 46.2 Å². The van der Waals surface area contributed by atoms with Crippen LogP contribution >= 0.6 is 0 Å². The van der Waals surface area contributed by atoms with Gasteiger partial charge in [-0.15, -0.1) is 0 Å². The van der Waals surface area contributed by atoms with Gasteiger partial charge in [0.05, 0.1) is 36.3 Å². The highest BCUT2D eigenvalue weighted by atomic mass is 16.6. The van der Waals surface area contributed by atoms with E-state index in [1.54, 1.807) is 24.3 Å². The van der Waals surface area contributed by atoms with Crippen molar-refractivity contribution >= 4 is 5.69 Å². The number of nitrogens with one attached hydrogen (secondary N) is 1. The maximum Gasteiger partial charge on any atom is 0.284 e. The second-order valence-electron chi connectivity index (χ2n) is 5.85. The van der Waals surface area contributed by atoms with E-state index in [0.29, 0.717) is 35.9 Å². The van der Waals surface area contributed by atoms with Gasteiger partial charge in [-0.3, -0.25) is 10.1 Å². The van der Waals surface area contributed by atoms with Gasteiger partial charge in [-0.2, -0.15) is 0 Å². The minimum atomic E-state index is -0.461. The van der Waals surface area contributed by atoms with Gasteiger partial charge in [-0.05, 0) is 30.2 Å². The predicted molar refractivity (Wildman–Crippen MR) is 89.9 cm³/mol. The van der Waals surface area contributed by atoms with E-state index in [0.717, 1.165) is 0 Å². The van der Waals surface area contributed by atoms with Crippen molar-refractivity contribution in [2.75, 3.05) is 13.7 Å². The van der Waals surface area contributed by atoms with Crippen molar-refractivity contribution in [1.82, 2.24) is 5.32 Å². The largest absolute Gasteiger partial charge is 0.497 e. The second-order valence-corrected chi connectivity index (χ2v) is 5.85. The van der Waals surface area contributed by atoms with Crippen LogP contribution in [0.4, 0.5) is 5.69 Å². The first-order valence-corrected chi connectivity index (χ1v) is 7.72. The van der Waals surface area contributed by atoms with Gasteiger partial charge >= 0.3 is 0 Å². The molecule has 1 unspecified atom stereocenters. The van der Waals surface area contributed by atoms with Crippen LogP contribution in [0.25, 0.3) is 11.3 Å². The number of nitro groups is 1. The van der Waals surface area contributed by atoms with E-state index >= 15 is 0 Å². The molecule has 0 fully saturated rings. The van der Waals surface area contributed by atoms with Crippen LogP contribution < -0.4 is 10.1 Å². The fourth-order valence-corrected chi connectivity index (χ4v) is 2.19. The number of benzene rings is 1. The number of nitro benzene ring substituents is 1. The van der Waals surface area contributed by atoms with Crippen LogP contribution in [0.3, 0.4) is 0 Å². The standard InChI is InChI=1S/C17H22N2O5/c1-11(2)16(20)10-18-9-13-5-7-17(24-13)14-6-4-12(23-3)8-15(14)19(21)22/h4-8,11,16,18,20H,9-10H2,1-3H3. The van der Waals surface area contributed by atoms with Crippen molar-refractivity contribution in [2.24, 2.45) is 5.92 Å². The molecule has 1 atom stereocenters. The molecule has 1 aromatic heterocycles. The van der Waals surface area contributed by atoms with Gasteiger partial charge in [0.25, 0.3) is 5.69 Å². The molecule has 2 rings (SSSR count). The van der Waals surface area contributed by atoms with Crippen molar-refractivity contribution in [1.29, 1.82) is 0 Å². The molecule has 0 aliphatic rings. The molecule has 7 heteroatoms. The van der Waals surface area contributed by atoms with Crippen LogP contribution in [0.15, 0.2) is 34.7 Å². The molecular formula is C17H22N2O5. The summed E-state index contributed by atoms with van der Waals surface area (Å²) in [5, 5.41) is 24.1. The van der Waals surface area contributed by atoms with E-state index in [-0.39, 0.29) is 11.6 Å². The normalized spacial score (nSPS) is 12.4. The molecule has 0 bridgehead atoms. The first kappa shape index (κ1) is 18.0. The maximum absolute atomic E-state index is 11.2. The van der Waals surface area contributed by atoms with Crippen molar-refractivity contribution in [2.45, 2.75) is 26.5 Å². The summed E-state index contributed by atoms with van der Waals surface area (Å²) in [6.45, 7) is 4.78. The minimum Gasteiger partial charge on any atom is -0.497 e. The van der Waals surface area contributed by atoms with E-state index in [4.69, 9.17) is 9.15 Å². The molecule has 7 nitrogen and oxygen atoms in total. The molecule has 24 heavy (non-hydrogen) atoms. The number of hydrogen-bond donors (Lipinski definition) is 2. The Morgan fingerprint density at radius 2 is 2.08 bits per heavy atom. The van der Waals surface area contributed by atoms with Crippen molar-refractivity contribution in [3.8, 4) is 17.1 Å². The van der Waals surface area contributed by atoms with Gasteiger partial charge in [-0.25, -0.2) is 0 Å². The fourth-order valence-electron chi connectivity index (χ4n) is 2.19. The summed E-state index contributed by atoms with van der Waals surface area (Å²) in [5.74, 6) is 1.66. The zero-order valence-electron chi connectivity index (χ0n) is 14.0. The van der Waals surface area contributed by atoms with Crippen LogP contribution in [-0.2, 0) is 6.54 Å². The molecule has 2 aromatic rings. The summed E-state index contributed by atoms with van der Waals surface area (Å²) < 4.78 is 10.7. The average molecular weight is 334 g/mol. The topological polar surface area (TPSA) is 97.8 Å². The predicted octanol–water partition coefficient (Wildman–Crippen LogP) is 2.97. The molecule has 0 saturated heterocycles. The number of hydrogen-bond acceptors (Lipinski definition) is 6. The third-order valence-corrected chi connectivity index (χ3v) is 3.75. The van der Waals surface area contributed by atoms with Gasteiger partial charge in [0.2, 0.25) is 0 Å². The minimum absolute atomic E-state index is 0.0709. The van der Waals surface area contributed by atoms with Crippen LogP contribution in [0, 0.1) is 16.0 Å². The number of rotatable bonds is 8. The average Bonchev–Trinajstić information content (AvgIpc) is 3.02. The molecule has 2 N–H and O–H groups in total. The number of ether oxygens (including phenoxy) is 1. The summed E-state index contributed by atoms with van der Waals surface area (Å²) in [4.78, 5) is 10.8. The molecule has 0 aliphatic heterocycles. The zero-order valence-corrected chi connectivity index (χ0v) is 14.0. The molecule has 1 heterocycles. The van der Waals surface area contributed by atoms with E-state index in [1.165, 1.54) is 13.2 Å². The number of methoxy groups -OCH3 is 1. The Hall–Kier alpha value is -2.38. The van der Waals surface area contributed by atoms with Crippen molar-refractivity contribution < 1.29 is 19.2 Å². The smallest absolute Gasteiger partial charge is 0.284 e. The lowest BCUT2D eigenvalue weighted by atomic mass is 10.1. The molecule has 0 radical (unpaired) electrons.